The molecule has 27 heavy (non-hydrogen) atoms. The largest absolute Gasteiger partial charge is 0.332 e. The van der Waals surface area contributed by atoms with Gasteiger partial charge in [-0.3, -0.25) is 9.78 Å². The second-order valence-electron chi connectivity index (χ2n) is 6.43. The Labute approximate surface area is 168 Å². The van der Waals surface area contributed by atoms with Gasteiger partial charge in [0, 0.05) is 18.7 Å². The maximum Gasteiger partial charge on any atom is 0.247 e. The number of hydrogen-bond acceptors (Lipinski definition) is 3. The summed E-state index contributed by atoms with van der Waals surface area (Å²) in [7, 11) is 0. The van der Waals surface area contributed by atoms with Gasteiger partial charge in [0.25, 0.3) is 0 Å². The number of carbonyl (C=O) groups excluding carboxylic acids is 1. The molecular weight excluding hydrogens is 381 g/mol. The second-order valence-corrected chi connectivity index (χ2v) is 7.24. The third-order valence-electron chi connectivity index (χ3n) is 4.11. The predicted octanol–water partition coefficient (Wildman–Crippen LogP) is 5.39. The number of rotatable bonds is 5. The number of amides is 1. The summed E-state index contributed by atoms with van der Waals surface area (Å²) in [4.78, 5) is 23.3. The summed E-state index contributed by atoms with van der Waals surface area (Å²) in [5, 5.41) is 0.977. The van der Waals surface area contributed by atoms with Crippen LogP contribution in [0.15, 0.2) is 54.7 Å². The van der Waals surface area contributed by atoms with Crippen molar-refractivity contribution in [2.75, 3.05) is 0 Å². The van der Waals surface area contributed by atoms with Crippen LogP contribution in [0.2, 0.25) is 10.0 Å². The Balaban J connectivity index is 1.77. The van der Waals surface area contributed by atoms with Crippen molar-refractivity contribution in [1.82, 2.24) is 14.9 Å². The van der Waals surface area contributed by atoms with Gasteiger partial charge in [-0.15, -0.1) is 0 Å². The third kappa shape index (κ3) is 4.85. The lowest BCUT2D eigenvalue weighted by Crippen LogP contribution is -2.35. The molecule has 0 spiro atoms. The molecule has 0 N–H and O–H groups in total. The molecule has 6 heteroatoms. The highest BCUT2D eigenvalue weighted by molar-refractivity contribution is 6.42. The van der Waals surface area contributed by atoms with Crippen LogP contribution < -0.4 is 0 Å². The van der Waals surface area contributed by atoms with Crippen LogP contribution in [0.1, 0.15) is 25.1 Å². The lowest BCUT2D eigenvalue weighted by atomic mass is 10.2. The molecule has 0 radical (unpaired) electrons. The van der Waals surface area contributed by atoms with E-state index in [2.05, 4.69) is 9.97 Å². The van der Waals surface area contributed by atoms with Crippen LogP contribution in [0.4, 0.5) is 0 Å². The van der Waals surface area contributed by atoms with E-state index in [4.69, 9.17) is 23.2 Å². The average Bonchev–Trinajstić information content (AvgIpc) is 2.66. The van der Waals surface area contributed by atoms with E-state index in [1.54, 1.807) is 29.3 Å². The Hall–Kier alpha value is -2.43. The zero-order chi connectivity index (χ0) is 19.4. The quantitative estimate of drug-likeness (QED) is 0.540. The van der Waals surface area contributed by atoms with E-state index in [0.29, 0.717) is 22.3 Å². The summed E-state index contributed by atoms with van der Waals surface area (Å²) in [5.41, 5.74) is 3.18. The molecule has 0 bridgehead atoms. The summed E-state index contributed by atoms with van der Waals surface area (Å²) < 4.78 is 0. The highest BCUT2D eigenvalue weighted by Gasteiger charge is 2.15. The van der Waals surface area contributed by atoms with Gasteiger partial charge in [-0.1, -0.05) is 41.4 Å². The van der Waals surface area contributed by atoms with Gasteiger partial charge in [-0.05, 0) is 49.8 Å². The lowest BCUT2D eigenvalue weighted by molar-refractivity contribution is -0.128. The third-order valence-corrected chi connectivity index (χ3v) is 4.85. The van der Waals surface area contributed by atoms with Gasteiger partial charge in [0.1, 0.15) is 0 Å². The summed E-state index contributed by atoms with van der Waals surface area (Å²) >= 11 is 12.0. The maximum absolute atomic E-state index is 12.7. The van der Waals surface area contributed by atoms with E-state index in [1.807, 2.05) is 44.2 Å². The molecule has 0 saturated carbocycles. The second kappa shape index (κ2) is 8.51. The topological polar surface area (TPSA) is 46.1 Å². The fourth-order valence-corrected chi connectivity index (χ4v) is 2.97. The van der Waals surface area contributed by atoms with Crippen molar-refractivity contribution in [1.29, 1.82) is 0 Å². The lowest BCUT2D eigenvalue weighted by Gasteiger charge is -2.25. The highest BCUT2D eigenvalue weighted by atomic mass is 35.5. The number of hydrogen-bond donors (Lipinski definition) is 0. The number of fused-ring (bicyclic) bond motifs is 1. The molecule has 4 nitrogen and oxygen atoms in total. The zero-order valence-corrected chi connectivity index (χ0v) is 16.6. The van der Waals surface area contributed by atoms with Crippen molar-refractivity contribution < 1.29 is 4.79 Å². The average molecular weight is 400 g/mol. The minimum Gasteiger partial charge on any atom is -0.332 e. The first-order valence-electron chi connectivity index (χ1n) is 8.58. The van der Waals surface area contributed by atoms with Crippen LogP contribution in [-0.2, 0) is 11.3 Å². The van der Waals surface area contributed by atoms with Gasteiger partial charge in [0.2, 0.25) is 5.91 Å². The molecule has 0 aliphatic carbocycles. The minimum atomic E-state index is -0.106. The first kappa shape index (κ1) is 19.3. The Bertz CT molecular complexity index is 1000. The molecule has 0 aliphatic rings. The van der Waals surface area contributed by atoms with Gasteiger partial charge in [-0.2, -0.15) is 0 Å². The van der Waals surface area contributed by atoms with E-state index >= 15 is 0 Å². The molecule has 0 unspecified atom stereocenters. The van der Waals surface area contributed by atoms with Crippen LogP contribution in [0, 0.1) is 0 Å². The summed E-state index contributed by atoms with van der Waals surface area (Å²) in [5.74, 6) is -0.106. The van der Waals surface area contributed by atoms with Crippen molar-refractivity contribution >= 4 is 46.2 Å². The number of para-hydroxylation sites is 2. The summed E-state index contributed by atoms with van der Waals surface area (Å²) in [6.45, 7) is 4.39. The smallest absolute Gasteiger partial charge is 0.247 e. The molecule has 1 aromatic heterocycles. The van der Waals surface area contributed by atoms with Gasteiger partial charge >= 0.3 is 0 Å². The van der Waals surface area contributed by atoms with E-state index in [1.165, 1.54) is 6.08 Å². The van der Waals surface area contributed by atoms with Crippen molar-refractivity contribution in [3.8, 4) is 0 Å². The molecule has 1 heterocycles. The van der Waals surface area contributed by atoms with Crippen LogP contribution in [0.3, 0.4) is 0 Å². The van der Waals surface area contributed by atoms with Gasteiger partial charge in [0.15, 0.2) is 0 Å². The number of halogens is 2. The van der Waals surface area contributed by atoms with Gasteiger partial charge < -0.3 is 4.90 Å². The normalized spacial score (nSPS) is 11.4. The zero-order valence-electron chi connectivity index (χ0n) is 15.1. The molecule has 0 fully saturated rings. The Kier molecular flexibility index (Phi) is 6.09. The minimum absolute atomic E-state index is 0.0271. The molecule has 0 saturated heterocycles. The van der Waals surface area contributed by atoms with Crippen molar-refractivity contribution in [2.45, 2.75) is 26.4 Å². The molecule has 3 rings (SSSR count). The number of carbonyl (C=O) groups is 1. The van der Waals surface area contributed by atoms with E-state index < -0.39 is 0 Å². The van der Waals surface area contributed by atoms with Crippen molar-refractivity contribution in [2.24, 2.45) is 0 Å². The van der Waals surface area contributed by atoms with Gasteiger partial charge in [0.05, 0.1) is 33.0 Å². The predicted molar refractivity (Wildman–Crippen MR) is 111 cm³/mol. The van der Waals surface area contributed by atoms with Crippen LogP contribution >= 0.6 is 23.2 Å². The Morgan fingerprint density at radius 3 is 2.56 bits per heavy atom. The van der Waals surface area contributed by atoms with E-state index in [0.717, 1.165) is 16.6 Å². The maximum atomic E-state index is 12.7. The molecule has 0 aliphatic heterocycles. The van der Waals surface area contributed by atoms with Crippen LogP contribution in [0.25, 0.3) is 17.1 Å². The number of nitrogens with zero attached hydrogens (tertiary/aromatic N) is 3. The van der Waals surface area contributed by atoms with E-state index in [-0.39, 0.29) is 11.9 Å². The fraction of sp³-hybridized carbons (Fsp3) is 0.190. The SMILES string of the molecule is CC(C)N(Cc1ccc(Cl)c(Cl)c1)C(=O)C=Cc1cnc2ccccc2n1. The summed E-state index contributed by atoms with van der Waals surface area (Å²) in [6.07, 6.45) is 4.87. The van der Waals surface area contributed by atoms with E-state index in [9.17, 15) is 4.79 Å². The van der Waals surface area contributed by atoms with Crippen LogP contribution in [0.5, 0.6) is 0 Å². The molecular formula is C21H19Cl2N3O. The number of benzene rings is 2. The first-order valence-corrected chi connectivity index (χ1v) is 9.34. The highest BCUT2D eigenvalue weighted by Crippen LogP contribution is 2.23. The molecule has 2 aromatic carbocycles. The first-order chi connectivity index (χ1) is 12.9. The Morgan fingerprint density at radius 2 is 1.85 bits per heavy atom. The molecule has 0 atom stereocenters. The summed E-state index contributed by atoms with van der Waals surface area (Å²) in [6, 6.07) is 13.0. The fourth-order valence-electron chi connectivity index (χ4n) is 2.65. The van der Waals surface area contributed by atoms with Crippen molar-refractivity contribution in [3.05, 3.63) is 76.0 Å². The standard InChI is InChI=1S/C21H19Cl2N3O/c1-14(2)26(13-15-7-9-17(22)18(23)11-15)21(27)10-8-16-12-24-19-5-3-4-6-20(19)25-16/h3-12,14H,13H2,1-2H3. The number of aromatic nitrogens is 2. The van der Waals surface area contributed by atoms with Crippen LogP contribution in [-0.4, -0.2) is 26.8 Å². The van der Waals surface area contributed by atoms with Crippen molar-refractivity contribution in [3.63, 3.8) is 0 Å². The molecule has 1 amide bonds. The molecule has 138 valence electrons. The monoisotopic (exact) mass is 399 g/mol. The van der Waals surface area contributed by atoms with Gasteiger partial charge in [-0.25, -0.2) is 4.98 Å². The molecule has 3 aromatic rings. The Morgan fingerprint density at radius 1 is 1.11 bits per heavy atom.